The number of carbonyl (C=O) groups excluding carboxylic acids is 1. The number of ether oxygens (including phenoxy) is 1. The molecule has 0 atom stereocenters. The van der Waals surface area contributed by atoms with Crippen molar-refractivity contribution in [2.45, 2.75) is 13.8 Å². The third kappa shape index (κ3) is 3.25. The number of hydrogen-bond acceptors (Lipinski definition) is 4. The number of nitrogens with one attached hydrogen (secondary N) is 1. The fourth-order valence-corrected chi connectivity index (χ4v) is 2.23. The Morgan fingerprint density at radius 2 is 2.00 bits per heavy atom. The van der Waals surface area contributed by atoms with Gasteiger partial charge in [0.1, 0.15) is 11.5 Å². The van der Waals surface area contributed by atoms with Crippen LogP contribution in [0.25, 0.3) is 0 Å². The van der Waals surface area contributed by atoms with Crippen LogP contribution in [0.5, 0.6) is 5.75 Å². The minimum absolute atomic E-state index is 0.262. The Hall–Kier alpha value is -2.27. The van der Waals surface area contributed by atoms with E-state index in [1.54, 1.807) is 32.0 Å². The Balaban J connectivity index is 2.39. The number of rotatable bonds is 3. The molecule has 1 amide bonds. The molecule has 0 radical (unpaired) electrons. The van der Waals surface area contributed by atoms with E-state index in [2.05, 4.69) is 5.32 Å². The van der Waals surface area contributed by atoms with Gasteiger partial charge in [0.15, 0.2) is 0 Å². The molecule has 0 bridgehead atoms. The quantitative estimate of drug-likeness (QED) is 0.945. The molecule has 6 heteroatoms. The summed E-state index contributed by atoms with van der Waals surface area (Å²) in [4.78, 5) is 23.6. The van der Waals surface area contributed by atoms with Gasteiger partial charge in [0, 0.05) is 11.1 Å². The third-order valence-electron chi connectivity index (χ3n) is 2.97. The zero-order valence-corrected chi connectivity index (χ0v) is 12.6. The van der Waals surface area contributed by atoms with Crippen LogP contribution in [-0.2, 0) is 0 Å². The molecule has 0 saturated heterocycles. The number of halogens is 1. The smallest absolute Gasteiger partial charge is 0.336 e. The van der Waals surface area contributed by atoms with E-state index in [0.717, 1.165) is 0 Å². The van der Waals surface area contributed by atoms with Crippen LogP contribution < -0.4 is 15.7 Å². The van der Waals surface area contributed by atoms with E-state index in [1.807, 2.05) is 0 Å². The van der Waals surface area contributed by atoms with Crippen LogP contribution in [0.2, 0.25) is 5.02 Å². The second-order valence-corrected chi connectivity index (χ2v) is 4.91. The van der Waals surface area contributed by atoms with Gasteiger partial charge in [-0.25, -0.2) is 4.79 Å². The topological polar surface area (TPSA) is 68.5 Å². The molecular weight excluding hydrogens is 294 g/mol. The van der Waals surface area contributed by atoms with Crippen molar-refractivity contribution in [1.29, 1.82) is 0 Å². The van der Waals surface area contributed by atoms with Crippen molar-refractivity contribution in [3.05, 3.63) is 56.6 Å². The lowest BCUT2D eigenvalue weighted by atomic mass is 10.1. The van der Waals surface area contributed by atoms with Crippen molar-refractivity contribution in [1.82, 2.24) is 0 Å². The van der Waals surface area contributed by atoms with E-state index in [1.165, 1.54) is 13.2 Å². The molecule has 5 nitrogen and oxygen atoms in total. The van der Waals surface area contributed by atoms with Crippen molar-refractivity contribution in [2.75, 3.05) is 12.4 Å². The summed E-state index contributed by atoms with van der Waals surface area (Å²) >= 11 is 5.92. The summed E-state index contributed by atoms with van der Waals surface area (Å²) in [5.41, 5.74) is 0.820. The van der Waals surface area contributed by atoms with Gasteiger partial charge in [-0.3, -0.25) is 4.79 Å². The molecule has 1 heterocycles. The SMILES string of the molecule is COc1ccc(Cl)cc1NC(=O)c1c(C)cc(=O)oc1C. The second kappa shape index (κ2) is 6.01. The first-order valence-electron chi connectivity index (χ1n) is 6.18. The van der Waals surface area contributed by atoms with Crippen LogP contribution in [0.4, 0.5) is 5.69 Å². The number of benzene rings is 1. The van der Waals surface area contributed by atoms with Crippen LogP contribution in [-0.4, -0.2) is 13.0 Å². The Kier molecular flexibility index (Phi) is 4.33. The predicted molar refractivity (Wildman–Crippen MR) is 80.4 cm³/mol. The lowest BCUT2D eigenvalue weighted by Gasteiger charge is -2.12. The van der Waals surface area contributed by atoms with Crippen molar-refractivity contribution in [3.63, 3.8) is 0 Å². The van der Waals surface area contributed by atoms with E-state index in [4.69, 9.17) is 20.8 Å². The van der Waals surface area contributed by atoms with Crippen molar-refractivity contribution in [2.24, 2.45) is 0 Å². The van der Waals surface area contributed by atoms with Gasteiger partial charge in [-0.15, -0.1) is 0 Å². The molecule has 0 fully saturated rings. The van der Waals surface area contributed by atoms with E-state index in [-0.39, 0.29) is 5.76 Å². The van der Waals surface area contributed by atoms with Gasteiger partial charge in [0.05, 0.1) is 18.4 Å². The van der Waals surface area contributed by atoms with Crippen LogP contribution in [0.15, 0.2) is 33.5 Å². The molecule has 0 spiro atoms. The molecule has 2 aromatic rings. The van der Waals surface area contributed by atoms with Crippen LogP contribution in [0.1, 0.15) is 21.7 Å². The molecule has 110 valence electrons. The van der Waals surface area contributed by atoms with Gasteiger partial charge < -0.3 is 14.5 Å². The average molecular weight is 308 g/mol. The molecule has 0 aliphatic carbocycles. The number of hydrogen-bond donors (Lipinski definition) is 1. The molecule has 0 unspecified atom stereocenters. The minimum Gasteiger partial charge on any atom is -0.495 e. The largest absolute Gasteiger partial charge is 0.495 e. The summed E-state index contributed by atoms with van der Waals surface area (Å²) in [6.07, 6.45) is 0. The summed E-state index contributed by atoms with van der Waals surface area (Å²) in [6, 6.07) is 6.18. The van der Waals surface area contributed by atoms with Crippen LogP contribution >= 0.6 is 11.6 Å². The summed E-state index contributed by atoms with van der Waals surface area (Å²) < 4.78 is 10.1. The molecule has 21 heavy (non-hydrogen) atoms. The van der Waals surface area contributed by atoms with Gasteiger partial charge in [-0.1, -0.05) is 11.6 Å². The van der Waals surface area contributed by atoms with E-state index < -0.39 is 11.5 Å². The number of anilines is 1. The Labute approximate surface area is 126 Å². The first kappa shape index (κ1) is 15.1. The van der Waals surface area contributed by atoms with Gasteiger partial charge in [0.2, 0.25) is 0 Å². The van der Waals surface area contributed by atoms with Crippen LogP contribution in [0.3, 0.4) is 0 Å². The van der Waals surface area contributed by atoms with Crippen LogP contribution in [0, 0.1) is 13.8 Å². The fourth-order valence-electron chi connectivity index (χ4n) is 2.06. The molecule has 1 aromatic heterocycles. The van der Waals surface area contributed by atoms with Gasteiger partial charge in [0.25, 0.3) is 5.91 Å². The highest BCUT2D eigenvalue weighted by molar-refractivity contribution is 6.31. The maximum absolute atomic E-state index is 12.4. The van der Waals surface area contributed by atoms with Gasteiger partial charge >= 0.3 is 5.63 Å². The summed E-state index contributed by atoms with van der Waals surface area (Å²) in [7, 11) is 1.50. The maximum Gasteiger partial charge on any atom is 0.336 e. The van der Waals surface area contributed by atoms with Crippen molar-refractivity contribution >= 4 is 23.2 Å². The number of amides is 1. The molecule has 0 aliphatic rings. The monoisotopic (exact) mass is 307 g/mol. The minimum atomic E-state index is -0.484. The summed E-state index contributed by atoms with van der Waals surface area (Å²) in [5.74, 6) is 0.355. The zero-order valence-electron chi connectivity index (χ0n) is 11.8. The van der Waals surface area contributed by atoms with Crippen molar-refractivity contribution < 1.29 is 13.9 Å². The molecule has 1 aromatic carbocycles. The second-order valence-electron chi connectivity index (χ2n) is 4.48. The summed E-state index contributed by atoms with van der Waals surface area (Å²) in [5, 5.41) is 3.18. The predicted octanol–water partition coefficient (Wildman–Crippen LogP) is 3.17. The third-order valence-corrected chi connectivity index (χ3v) is 3.21. The first-order valence-corrected chi connectivity index (χ1v) is 6.56. The molecule has 1 N–H and O–H groups in total. The Morgan fingerprint density at radius 3 is 2.62 bits per heavy atom. The highest BCUT2D eigenvalue weighted by Gasteiger charge is 2.17. The zero-order chi connectivity index (χ0) is 15.6. The molecule has 2 rings (SSSR count). The van der Waals surface area contributed by atoms with Gasteiger partial charge in [-0.2, -0.15) is 0 Å². The highest BCUT2D eigenvalue weighted by Crippen LogP contribution is 2.28. The number of methoxy groups -OCH3 is 1. The number of aryl methyl sites for hydroxylation is 2. The lowest BCUT2D eigenvalue weighted by Crippen LogP contribution is -2.17. The van der Waals surface area contributed by atoms with E-state index in [0.29, 0.717) is 27.6 Å². The standard InChI is InChI=1S/C15H14ClNO4/c1-8-6-13(18)21-9(2)14(8)15(19)17-11-7-10(16)4-5-12(11)20-3/h4-7H,1-3H3,(H,17,19). The highest BCUT2D eigenvalue weighted by atomic mass is 35.5. The maximum atomic E-state index is 12.4. The molecule has 0 aliphatic heterocycles. The Bertz CT molecular complexity index is 726. The van der Waals surface area contributed by atoms with Crippen molar-refractivity contribution in [3.8, 4) is 5.75 Å². The Morgan fingerprint density at radius 1 is 1.29 bits per heavy atom. The molecular formula is C15H14ClNO4. The summed E-state index contributed by atoms with van der Waals surface area (Å²) in [6.45, 7) is 3.24. The van der Waals surface area contributed by atoms with E-state index >= 15 is 0 Å². The lowest BCUT2D eigenvalue weighted by molar-refractivity contribution is 0.102. The normalized spacial score (nSPS) is 10.3. The average Bonchev–Trinajstić information content (AvgIpc) is 2.37. The molecule has 0 saturated carbocycles. The number of carbonyl (C=O) groups is 1. The fraction of sp³-hybridized carbons (Fsp3) is 0.200. The van der Waals surface area contributed by atoms with Gasteiger partial charge in [-0.05, 0) is 37.6 Å². The van der Waals surface area contributed by atoms with E-state index in [9.17, 15) is 9.59 Å². The first-order chi connectivity index (χ1) is 9.92.